The Morgan fingerprint density at radius 1 is 0.654 bits per heavy atom. The molecular weight excluding hydrogens is 378 g/mol. The molecule has 0 aliphatic carbocycles. The second kappa shape index (κ2) is 9.54. The van der Waals surface area contributed by atoms with Crippen molar-refractivity contribution < 1.29 is 27.2 Å². The van der Waals surface area contributed by atoms with E-state index in [0.717, 1.165) is 0 Å². The molecule has 0 radical (unpaired) electrons. The molecule has 0 unspecified atom stereocenters. The van der Waals surface area contributed by atoms with E-state index in [4.69, 9.17) is 18.1 Å². The van der Waals surface area contributed by atoms with Gasteiger partial charge in [-0.3, -0.25) is 14.1 Å². The Hall–Kier alpha value is -0.620. The summed E-state index contributed by atoms with van der Waals surface area (Å²) in [4.78, 5) is 8.26. The van der Waals surface area contributed by atoms with Crippen LogP contribution in [0.1, 0.15) is 55.4 Å². The minimum atomic E-state index is -3.75. The summed E-state index contributed by atoms with van der Waals surface area (Å²) in [6, 6.07) is 0. The van der Waals surface area contributed by atoms with Gasteiger partial charge >= 0.3 is 15.2 Å². The predicted molar refractivity (Wildman–Crippen MR) is 101 cm³/mol. The summed E-state index contributed by atoms with van der Waals surface area (Å²) in [5.74, 6) is 0. The van der Waals surface area contributed by atoms with Crippen LogP contribution in [0, 0.1) is 0 Å². The molecule has 1 rings (SSSR count). The molecule has 26 heavy (non-hydrogen) atoms. The average molecular weight is 408 g/mol. The highest BCUT2D eigenvalue weighted by Crippen LogP contribution is 2.51. The van der Waals surface area contributed by atoms with Crippen LogP contribution in [0.2, 0.25) is 0 Å². The van der Waals surface area contributed by atoms with Crippen LogP contribution in [0.4, 0.5) is 0 Å². The van der Waals surface area contributed by atoms with Crippen LogP contribution in [0.25, 0.3) is 0 Å². The van der Waals surface area contributed by atoms with Gasteiger partial charge in [-0.1, -0.05) is 0 Å². The molecule has 0 aliphatic rings. The van der Waals surface area contributed by atoms with Crippen LogP contribution in [-0.4, -0.2) is 34.4 Å². The first kappa shape index (κ1) is 23.4. The number of hydrogen-bond acceptors (Lipinski definition) is 8. The fourth-order valence-electron chi connectivity index (χ4n) is 1.99. The predicted octanol–water partition coefficient (Wildman–Crippen LogP) is 3.81. The zero-order valence-electron chi connectivity index (χ0n) is 16.7. The summed E-state index contributed by atoms with van der Waals surface area (Å²) in [5, 5.41) is 0. The Kier molecular flexibility index (Phi) is 8.59. The zero-order chi connectivity index (χ0) is 20.1. The molecule has 1 aromatic rings. The SMILES string of the molecule is CC(C)OP(=O)(OC(C)C)c1cncc(P(=O)(OC(C)C)OC(C)C)n1. The lowest BCUT2D eigenvalue weighted by Crippen LogP contribution is -2.28. The summed E-state index contributed by atoms with van der Waals surface area (Å²) in [7, 11) is -7.51. The van der Waals surface area contributed by atoms with Crippen molar-refractivity contribution in [3.8, 4) is 0 Å². The average Bonchev–Trinajstić information content (AvgIpc) is 2.43. The summed E-state index contributed by atoms with van der Waals surface area (Å²) in [5.41, 5.74) is -0.0605. The van der Waals surface area contributed by atoms with Gasteiger partial charge in [0.05, 0.1) is 36.8 Å². The van der Waals surface area contributed by atoms with Crippen LogP contribution < -0.4 is 10.9 Å². The highest BCUT2D eigenvalue weighted by atomic mass is 31.2. The van der Waals surface area contributed by atoms with E-state index in [9.17, 15) is 9.13 Å². The van der Waals surface area contributed by atoms with Crippen molar-refractivity contribution in [3.05, 3.63) is 12.4 Å². The van der Waals surface area contributed by atoms with Gasteiger partial charge in [-0.2, -0.15) is 0 Å². The number of aromatic nitrogens is 2. The second-order valence-corrected chi connectivity index (χ2v) is 10.6. The Bertz CT molecular complexity index is 597. The molecule has 0 spiro atoms. The maximum Gasteiger partial charge on any atom is 0.381 e. The molecule has 0 amide bonds. The van der Waals surface area contributed by atoms with E-state index in [1.54, 1.807) is 55.4 Å². The van der Waals surface area contributed by atoms with Crippen molar-refractivity contribution >= 4 is 26.1 Å². The standard InChI is InChI=1S/C16H30N2O6P2/c1-11(2)21-25(19,22-12(3)4)15-9-17-10-16(18-15)26(20,23-13(5)6)24-14(7)8/h9-14H,1-8H3. The molecule has 150 valence electrons. The molecular formula is C16H30N2O6P2. The van der Waals surface area contributed by atoms with E-state index in [-0.39, 0.29) is 35.3 Å². The van der Waals surface area contributed by atoms with E-state index in [1.165, 1.54) is 12.4 Å². The third kappa shape index (κ3) is 6.84. The normalized spacial score (nSPS) is 13.4. The summed E-state index contributed by atoms with van der Waals surface area (Å²) in [6.07, 6.45) is 1.10. The lowest BCUT2D eigenvalue weighted by Gasteiger charge is -2.24. The number of hydrogen-bond donors (Lipinski definition) is 0. The van der Waals surface area contributed by atoms with Gasteiger partial charge < -0.3 is 18.1 Å². The summed E-state index contributed by atoms with van der Waals surface area (Å²) in [6.45, 7) is 13.9. The summed E-state index contributed by atoms with van der Waals surface area (Å²) >= 11 is 0. The van der Waals surface area contributed by atoms with Crippen LogP contribution in [0.15, 0.2) is 12.4 Å². The van der Waals surface area contributed by atoms with Gasteiger partial charge in [-0.15, -0.1) is 0 Å². The van der Waals surface area contributed by atoms with E-state index < -0.39 is 15.2 Å². The highest BCUT2D eigenvalue weighted by molar-refractivity contribution is 7.63. The van der Waals surface area contributed by atoms with Crippen LogP contribution >= 0.6 is 15.2 Å². The van der Waals surface area contributed by atoms with Gasteiger partial charge in [-0.25, -0.2) is 4.98 Å². The fraction of sp³-hybridized carbons (Fsp3) is 0.750. The van der Waals surface area contributed by atoms with Gasteiger partial charge in [-0.05, 0) is 55.4 Å². The highest BCUT2D eigenvalue weighted by Gasteiger charge is 2.37. The van der Waals surface area contributed by atoms with Crippen LogP contribution in [0.5, 0.6) is 0 Å². The third-order valence-corrected chi connectivity index (χ3v) is 6.92. The molecule has 0 aliphatic heterocycles. The van der Waals surface area contributed by atoms with E-state index in [2.05, 4.69) is 9.97 Å². The minimum absolute atomic E-state index is 0.0302. The molecule has 0 saturated carbocycles. The molecule has 10 heteroatoms. The fourth-order valence-corrected chi connectivity index (χ4v) is 5.69. The van der Waals surface area contributed by atoms with Gasteiger partial charge in [0, 0.05) is 0 Å². The van der Waals surface area contributed by atoms with Crippen LogP contribution in [0.3, 0.4) is 0 Å². The number of rotatable bonds is 10. The Morgan fingerprint density at radius 2 is 0.923 bits per heavy atom. The Labute approximate surface area is 156 Å². The molecule has 0 saturated heterocycles. The molecule has 0 atom stereocenters. The molecule has 0 bridgehead atoms. The first-order valence-corrected chi connectivity index (χ1v) is 11.7. The van der Waals surface area contributed by atoms with Crippen molar-refractivity contribution in [1.82, 2.24) is 9.97 Å². The monoisotopic (exact) mass is 408 g/mol. The van der Waals surface area contributed by atoms with Gasteiger partial charge in [0.1, 0.15) is 0 Å². The van der Waals surface area contributed by atoms with Crippen molar-refractivity contribution in [3.63, 3.8) is 0 Å². The first-order chi connectivity index (χ1) is 11.9. The second-order valence-electron chi connectivity index (χ2n) is 6.85. The number of nitrogens with zero attached hydrogens (tertiary/aromatic N) is 2. The smallest absolute Gasteiger partial charge is 0.301 e. The molecule has 0 aromatic carbocycles. The lowest BCUT2D eigenvalue weighted by molar-refractivity contribution is 0.149. The Morgan fingerprint density at radius 3 is 1.15 bits per heavy atom. The molecule has 0 fully saturated rings. The molecule has 8 nitrogen and oxygen atoms in total. The quantitative estimate of drug-likeness (QED) is 0.539. The zero-order valence-corrected chi connectivity index (χ0v) is 18.5. The summed E-state index contributed by atoms with van der Waals surface area (Å²) < 4.78 is 48.6. The maximum absolute atomic E-state index is 13.2. The van der Waals surface area contributed by atoms with Crippen LogP contribution in [-0.2, 0) is 27.2 Å². The van der Waals surface area contributed by atoms with Gasteiger partial charge in [0.25, 0.3) is 0 Å². The maximum atomic E-state index is 13.2. The van der Waals surface area contributed by atoms with Crippen molar-refractivity contribution in [1.29, 1.82) is 0 Å². The third-order valence-electron chi connectivity index (χ3n) is 2.57. The largest absolute Gasteiger partial charge is 0.381 e. The lowest BCUT2D eigenvalue weighted by atomic mass is 10.5. The van der Waals surface area contributed by atoms with E-state index in [0.29, 0.717) is 0 Å². The van der Waals surface area contributed by atoms with E-state index in [1.807, 2.05) is 0 Å². The topological polar surface area (TPSA) is 96.8 Å². The van der Waals surface area contributed by atoms with Crippen molar-refractivity contribution in [2.45, 2.75) is 79.8 Å². The van der Waals surface area contributed by atoms with Gasteiger partial charge in [0.15, 0.2) is 10.9 Å². The molecule has 1 heterocycles. The minimum Gasteiger partial charge on any atom is -0.301 e. The van der Waals surface area contributed by atoms with Crippen molar-refractivity contribution in [2.75, 3.05) is 0 Å². The molecule has 1 aromatic heterocycles. The van der Waals surface area contributed by atoms with Gasteiger partial charge in [0.2, 0.25) is 0 Å². The molecule has 0 N–H and O–H groups in total. The first-order valence-electron chi connectivity index (χ1n) is 8.65. The Balaban J connectivity index is 3.40. The van der Waals surface area contributed by atoms with E-state index >= 15 is 0 Å². The van der Waals surface area contributed by atoms with Crippen molar-refractivity contribution in [2.24, 2.45) is 0 Å².